The molecule has 1 aromatic heterocycles. The number of nitrogens with zero attached hydrogens (tertiary/aromatic N) is 1. The van der Waals surface area contributed by atoms with Crippen LogP contribution in [0, 0.1) is 0 Å². The molecule has 0 spiro atoms. The molecule has 0 aliphatic carbocycles. The van der Waals surface area contributed by atoms with E-state index in [-0.39, 0.29) is 5.91 Å². The highest BCUT2D eigenvalue weighted by molar-refractivity contribution is 7.12. The van der Waals surface area contributed by atoms with Crippen LogP contribution in [0.3, 0.4) is 0 Å². The van der Waals surface area contributed by atoms with E-state index in [1.165, 1.54) is 0 Å². The number of hydrogen-bond acceptors (Lipinski definition) is 3. The van der Waals surface area contributed by atoms with E-state index in [0.717, 1.165) is 17.0 Å². The number of carbonyl (C=O) groups is 1. The molecular weight excluding hydrogens is 244 g/mol. The maximum absolute atomic E-state index is 11.8. The second-order valence-corrected chi connectivity index (χ2v) is 4.64. The zero-order chi connectivity index (χ0) is 12.8. The van der Waals surface area contributed by atoms with Gasteiger partial charge in [0.1, 0.15) is 0 Å². The molecular formula is C14H14N2OS. The molecule has 1 amide bonds. The Balaban J connectivity index is 2.08. The van der Waals surface area contributed by atoms with Crippen molar-refractivity contribution in [3.05, 3.63) is 58.3 Å². The summed E-state index contributed by atoms with van der Waals surface area (Å²) in [4.78, 5) is 12.9. The number of hydrogen-bond donors (Lipinski definition) is 1. The average molecular weight is 258 g/mol. The minimum atomic E-state index is -0.182. The average Bonchev–Trinajstić information content (AvgIpc) is 2.94. The highest BCUT2D eigenvalue weighted by Crippen LogP contribution is 2.11. The van der Waals surface area contributed by atoms with Crippen molar-refractivity contribution in [1.29, 1.82) is 0 Å². The standard InChI is InChI=1S/C14H14N2OS/c1-2-12(13-9-6-10-18-13)15-16-14(17)11-7-4-3-5-8-11/h3-10H,2H2,1H3,(H,16,17). The molecule has 0 bridgehead atoms. The molecule has 1 heterocycles. The van der Waals surface area contributed by atoms with Crippen molar-refractivity contribution in [1.82, 2.24) is 5.43 Å². The number of carbonyl (C=O) groups excluding carboxylic acids is 1. The molecule has 0 aliphatic heterocycles. The Bertz CT molecular complexity index is 532. The van der Waals surface area contributed by atoms with E-state index in [1.807, 2.05) is 42.6 Å². The number of hydrazone groups is 1. The van der Waals surface area contributed by atoms with E-state index >= 15 is 0 Å². The SMILES string of the molecule is CCC(=NNC(=O)c1ccccc1)c1cccs1. The van der Waals surface area contributed by atoms with Gasteiger partial charge in [-0.15, -0.1) is 11.3 Å². The zero-order valence-electron chi connectivity index (χ0n) is 10.1. The third-order valence-corrected chi connectivity index (χ3v) is 3.39. The normalized spacial score (nSPS) is 11.3. The van der Waals surface area contributed by atoms with Gasteiger partial charge in [0.15, 0.2) is 0 Å². The van der Waals surface area contributed by atoms with Crippen molar-refractivity contribution in [2.24, 2.45) is 5.10 Å². The summed E-state index contributed by atoms with van der Waals surface area (Å²) in [6, 6.07) is 13.1. The molecule has 1 aromatic carbocycles. The van der Waals surface area contributed by atoms with E-state index in [1.54, 1.807) is 23.5 Å². The largest absolute Gasteiger partial charge is 0.271 e. The number of thiophene rings is 1. The van der Waals surface area contributed by atoms with Gasteiger partial charge in [-0.3, -0.25) is 4.79 Å². The smallest absolute Gasteiger partial charge is 0.267 e. The third kappa shape index (κ3) is 3.05. The molecule has 0 unspecified atom stereocenters. The van der Waals surface area contributed by atoms with Crippen molar-refractivity contribution < 1.29 is 4.79 Å². The van der Waals surface area contributed by atoms with Crippen LogP contribution < -0.4 is 5.43 Å². The van der Waals surface area contributed by atoms with Gasteiger partial charge >= 0.3 is 0 Å². The van der Waals surface area contributed by atoms with Crippen LogP contribution in [0.1, 0.15) is 28.6 Å². The van der Waals surface area contributed by atoms with Gasteiger partial charge in [0.25, 0.3) is 5.91 Å². The lowest BCUT2D eigenvalue weighted by Crippen LogP contribution is -2.19. The highest BCUT2D eigenvalue weighted by Gasteiger charge is 2.05. The zero-order valence-corrected chi connectivity index (χ0v) is 10.9. The fourth-order valence-corrected chi connectivity index (χ4v) is 2.31. The summed E-state index contributed by atoms with van der Waals surface area (Å²) in [5.74, 6) is -0.182. The van der Waals surface area contributed by atoms with Crippen LogP contribution in [0.4, 0.5) is 0 Å². The Labute approximate surface area is 110 Å². The summed E-state index contributed by atoms with van der Waals surface area (Å²) >= 11 is 1.62. The predicted octanol–water partition coefficient (Wildman–Crippen LogP) is 3.29. The van der Waals surface area contributed by atoms with Gasteiger partial charge in [0.05, 0.1) is 10.6 Å². The van der Waals surface area contributed by atoms with Crippen molar-refractivity contribution in [3.8, 4) is 0 Å². The molecule has 2 rings (SSSR count). The van der Waals surface area contributed by atoms with Gasteiger partial charge in [0, 0.05) is 5.56 Å². The molecule has 2 aromatic rings. The Morgan fingerprint density at radius 3 is 2.61 bits per heavy atom. The maximum atomic E-state index is 11.8. The predicted molar refractivity (Wildman–Crippen MR) is 75.1 cm³/mol. The van der Waals surface area contributed by atoms with Crippen molar-refractivity contribution in [3.63, 3.8) is 0 Å². The Hall–Kier alpha value is -1.94. The van der Waals surface area contributed by atoms with Gasteiger partial charge < -0.3 is 0 Å². The summed E-state index contributed by atoms with van der Waals surface area (Å²) in [5.41, 5.74) is 4.11. The second kappa shape index (κ2) is 6.12. The van der Waals surface area contributed by atoms with E-state index in [0.29, 0.717) is 5.56 Å². The lowest BCUT2D eigenvalue weighted by atomic mass is 10.2. The third-order valence-electron chi connectivity index (χ3n) is 2.47. The van der Waals surface area contributed by atoms with Crippen LogP contribution in [-0.2, 0) is 0 Å². The summed E-state index contributed by atoms with van der Waals surface area (Å²) in [7, 11) is 0. The quantitative estimate of drug-likeness (QED) is 0.663. The van der Waals surface area contributed by atoms with Crippen LogP contribution >= 0.6 is 11.3 Å². The van der Waals surface area contributed by atoms with Crippen molar-refractivity contribution in [2.45, 2.75) is 13.3 Å². The fourth-order valence-electron chi connectivity index (χ4n) is 1.52. The minimum Gasteiger partial charge on any atom is -0.267 e. The van der Waals surface area contributed by atoms with Crippen molar-refractivity contribution in [2.75, 3.05) is 0 Å². The molecule has 4 heteroatoms. The Kier molecular flexibility index (Phi) is 4.25. The lowest BCUT2D eigenvalue weighted by Gasteiger charge is -2.02. The molecule has 0 radical (unpaired) electrons. The minimum absolute atomic E-state index is 0.182. The summed E-state index contributed by atoms with van der Waals surface area (Å²) in [5, 5.41) is 6.19. The summed E-state index contributed by atoms with van der Waals surface area (Å²) in [6.07, 6.45) is 0.787. The molecule has 0 saturated carbocycles. The first-order valence-corrected chi connectivity index (χ1v) is 6.65. The van der Waals surface area contributed by atoms with Crippen LogP contribution in [0.2, 0.25) is 0 Å². The monoisotopic (exact) mass is 258 g/mol. The van der Waals surface area contributed by atoms with Crippen LogP contribution in [0.15, 0.2) is 52.9 Å². The van der Waals surface area contributed by atoms with Crippen LogP contribution in [0.25, 0.3) is 0 Å². The fraction of sp³-hybridized carbons (Fsp3) is 0.143. The van der Waals surface area contributed by atoms with E-state index in [9.17, 15) is 4.79 Å². The number of benzene rings is 1. The van der Waals surface area contributed by atoms with Gasteiger partial charge in [-0.1, -0.05) is 31.2 Å². The molecule has 0 saturated heterocycles. The maximum Gasteiger partial charge on any atom is 0.271 e. The Morgan fingerprint density at radius 1 is 1.22 bits per heavy atom. The van der Waals surface area contributed by atoms with E-state index < -0.39 is 0 Å². The molecule has 3 nitrogen and oxygen atoms in total. The second-order valence-electron chi connectivity index (χ2n) is 3.70. The van der Waals surface area contributed by atoms with Gasteiger partial charge in [-0.05, 0) is 30.0 Å². The Morgan fingerprint density at radius 2 is 2.00 bits per heavy atom. The summed E-state index contributed by atoms with van der Waals surface area (Å²) < 4.78 is 0. The molecule has 0 atom stereocenters. The van der Waals surface area contributed by atoms with Gasteiger partial charge in [-0.25, -0.2) is 5.43 Å². The van der Waals surface area contributed by atoms with Crippen molar-refractivity contribution >= 4 is 23.0 Å². The first-order chi connectivity index (χ1) is 8.81. The first-order valence-electron chi connectivity index (χ1n) is 5.77. The summed E-state index contributed by atoms with van der Waals surface area (Å²) in [6.45, 7) is 2.02. The lowest BCUT2D eigenvalue weighted by molar-refractivity contribution is 0.0955. The van der Waals surface area contributed by atoms with E-state index in [2.05, 4.69) is 10.5 Å². The number of rotatable bonds is 4. The molecule has 1 N–H and O–H groups in total. The van der Waals surface area contributed by atoms with E-state index in [4.69, 9.17) is 0 Å². The number of amides is 1. The van der Waals surface area contributed by atoms with Gasteiger partial charge in [0.2, 0.25) is 0 Å². The number of nitrogens with one attached hydrogen (secondary N) is 1. The highest BCUT2D eigenvalue weighted by atomic mass is 32.1. The first kappa shape index (κ1) is 12.5. The molecule has 0 fully saturated rings. The molecule has 0 aliphatic rings. The molecule has 92 valence electrons. The topological polar surface area (TPSA) is 41.5 Å². The van der Waals surface area contributed by atoms with Crippen LogP contribution in [-0.4, -0.2) is 11.6 Å². The molecule has 18 heavy (non-hydrogen) atoms. The van der Waals surface area contributed by atoms with Gasteiger partial charge in [-0.2, -0.15) is 5.10 Å². The van der Waals surface area contributed by atoms with Crippen LogP contribution in [0.5, 0.6) is 0 Å².